The SMILES string of the molecule is C[C@H](C(=O)NC(C)(C)C)N(Cc1ccccc1F)C(=O)CN(c1ccc(I)cc1)S(=O)(=O)c1ccccc1. The van der Waals surface area contributed by atoms with Gasteiger partial charge in [0.1, 0.15) is 18.4 Å². The molecule has 0 spiro atoms. The minimum Gasteiger partial charge on any atom is -0.350 e. The Hall–Kier alpha value is -2.99. The summed E-state index contributed by atoms with van der Waals surface area (Å²) < 4.78 is 43.9. The molecular formula is C28H31FIN3O4S. The second-order valence-electron chi connectivity index (χ2n) is 9.83. The molecule has 3 rings (SSSR count). The molecule has 3 aromatic rings. The van der Waals surface area contributed by atoms with E-state index >= 15 is 0 Å². The van der Waals surface area contributed by atoms with Gasteiger partial charge in [0, 0.05) is 21.2 Å². The number of carbonyl (C=O) groups excluding carboxylic acids is 2. The Morgan fingerprint density at radius 3 is 2.11 bits per heavy atom. The number of anilines is 1. The standard InChI is InChI=1S/C28H31FIN3O4S/c1-20(27(35)31-28(2,3)4)32(18-21-10-8-9-13-25(21)29)26(34)19-33(23-16-14-22(30)15-17-23)38(36,37)24-11-6-5-7-12-24/h5-17,20H,18-19H2,1-4H3,(H,31,35)/t20-/m1/s1. The summed E-state index contributed by atoms with van der Waals surface area (Å²) in [7, 11) is -4.14. The highest BCUT2D eigenvalue weighted by atomic mass is 127. The predicted molar refractivity (Wildman–Crippen MR) is 154 cm³/mol. The molecule has 0 aliphatic heterocycles. The summed E-state index contributed by atoms with van der Waals surface area (Å²) >= 11 is 2.11. The van der Waals surface area contributed by atoms with Crippen LogP contribution < -0.4 is 9.62 Å². The molecule has 0 saturated carbocycles. The molecular weight excluding hydrogens is 620 g/mol. The van der Waals surface area contributed by atoms with Crippen LogP contribution >= 0.6 is 22.6 Å². The number of sulfonamides is 1. The summed E-state index contributed by atoms with van der Waals surface area (Å²) in [5.74, 6) is -1.61. The summed E-state index contributed by atoms with van der Waals surface area (Å²) in [5, 5.41) is 2.84. The average Bonchev–Trinajstić information content (AvgIpc) is 2.86. The van der Waals surface area contributed by atoms with Crippen LogP contribution in [0.25, 0.3) is 0 Å². The normalized spacial score (nSPS) is 12.5. The van der Waals surface area contributed by atoms with Gasteiger partial charge in [-0.15, -0.1) is 0 Å². The predicted octanol–water partition coefficient (Wildman–Crippen LogP) is 4.96. The van der Waals surface area contributed by atoms with Crippen LogP contribution in [0.15, 0.2) is 83.8 Å². The number of nitrogens with one attached hydrogen (secondary N) is 1. The Bertz CT molecular complexity index is 1380. The first-order valence-electron chi connectivity index (χ1n) is 12.0. The molecule has 1 N–H and O–H groups in total. The van der Waals surface area contributed by atoms with Gasteiger partial charge >= 0.3 is 0 Å². The molecule has 7 nitrogen and oxygen atoms in total. The highest BCUT2D eigenvalue weighted by molar-refractivity contribution is 14.1. The van der Waals surface area contributed by atoms with Gasteiger partial charge in [-0.2, -0.15) is 0 Å². The summed E-state index contributed by atoms with van der Waals surface area (Å²) in [6, 6.07) is 19.5. The largest absolute Gasteiger partial charge is 0.350 e. The topological polar surface area (TPSA) is 86.8 Å². The van der Waals surface area contributed by atoms with Gasteiger partial charge in [-0.05, 0) is 92.8 Å². The Balaban J connectivity index is 2.03. The van der Waals surface area contributed by atoms with Crippen LogP contribution in [0.2, 0.25) is 0 Å². The summed E-state index contributed by atoms with van der Waals surface area (Å²) in [4.78, 5) is 28.1. The molecule has 202 valence electrons. The van der Waals surface area contributed by atoms with Crippen molar-refractivity contribution in [1.29, 1.82) is 0 Å². The molecule has 2 amide bonds. The molecule has 0 radical (unpaired) electrons. The van der Waals surface area contributed by atoms with E-state index in [9.17, 15) is 22.4 Å². The van der Waals surface area contributed by atoms with Crippen LogP contribution in [-0.4, -0.2) is 43.3 Å². The minimum atomic E-state index is -4.14. The van der Waals surface area contributed by atoms with E-state index in [0.29, 0.717) is 5.69 Å². The smallest absolute Gasteiger partial charge is 0.264 e. The van der Waals surface area contributed by atoms with Crippen molar-refractivity contribution in [2.75, 3.05) is 10.8 Å². The maximum atomic E-state index is 14.6. The van der Waals surface area contributed by atoms with E-state index < -0.39 is 45.8 Å². The van der Waals surface area contributed by atoms with E-state index in [1.54, 1.807) is 55.5 Å². The van der Waals surface area contributed by atoms with Gasteiger partial charge in [0.2, 0.25) is 11.8 Å². The zero-order valence-electron chi connectivity index (χ0n) is 21.7. The Morgan fingerprint density at radius 2 is 1.53 bits per heavy atom. The second kappa shape index (κ2) is 12.2. The lowest BCUT2D eigenvalue weighted by atomic mass is 10.1. The lowest BCUT2D eigenvalue weighted by Crippen LogP contribution is -2.54. The number of hydrogen-bond donors (Lipinski definition) is 1. The molecule has 0 aliphatic rings. The van der Waals surface area contributed by atoms with Crippen LogP contribution in [0.3, 0.4) is 0 Å². The van der Waals surface area contributed by atoms with Crippen molar-refractivity contribution in [1.82, 2.24) is 10.2 Å². The first kappa shape index (κ1) is 29.6. The molecule has 10 heteroatoms. The third-order valence-electron chi connectivity index (χ3n) is 5.69. The fraction of sp³-hybridized carbons (Fsp3) is 0.286. The van der Waals surface area contributed by atoms with Gasteiger partial charge in [0.25, 0.3) is 10.0 Å². The molecule has 0 heterocycles. The summed E-state index contributed by atoms with van der Waals surface area (Å²) in [6.07, 6.45) is 0. The Morgan fingerprint density at radius 1 is 0.947 bits per heavy atom. The number of rotatable bonds is 9. The number of halogens is 2. The van der Waals surface area contributed by atoms with E-state index in [1.807, 2.05) is 20.8 Å². The van der Waals surface area contributed by atoms with Crippen molar-refractivity contribution in [3.8, 4) is 0 Å². The number of nitrogens with zero attached hydrogens (tertiary/aromatic N) is 2. The van der Waals surface area contributed by atoms with Crippen LogP contribution in [0.5, 0.6) is 0 Å². The zero-order chi connectivity index (χ0) is 28.1. The molecule has 0 fully saturated rings. The molecule has 0 saturated heterocycles. The van der Waals surface area contributed by atoms with Crippen molar-refractivity contribution < 1.29 is 22.4 Å². The van der Waals surface area contributed by atoms with E-state index in [0.717, 1.165) is 7.88 Å². The van der Waals surface area contributed by atoms with Crippen molar-refractivity contribution in [3.05, 3.63) is 93.8 Å². The van der Waals surface area contributed by atoms with Crippen molar-refractivity contribution in [2.24, 2.45) is 0 Å². The molecule has 38 heavy (non-hydrogen) atoms. The molecule has 0 aromatic heterocycles. The fourth-order valence-corrected chi connectivity index (χ4v) is 5.52. The van der Waals surface area contributed by atoms with Crippen LogP contribution in [0.1, 0.15) is 33.3 Å². The van der Waals surface area contributed by atoms with Crippen molar-refractivity contribution in [2.45, 2.75) is 50.7 Å². The van der Waals surface area contributed by atoms with Gasteiger partial charge in [-0.25, -0.2) is 12.8 Å². The fourth-order valence-electron chi connectivity index (χ4n) is 3.72. The number of carbonyl (C=O) groups is 2. The van der Waals surface area contributed by atoms with Gasteiger partial charge in [0.05, 0.1) is 10.6 Å². The number of benzene rings is 3. The number of amides is 2. The molecule has 1 atom stereocenters. The van der Waals surface area contributed by atoms with E-state index in [1.165, 1.54) is 35.2 Å². The number of hydrogen-bond acceptors (Lipinski definition) is 4. The van der Waals surface area contributed by atoms with E-state index in [2.05, 4.69) is 27.9 Å². The zero-order valence-corrected chi connectivity index (χ0v) is 24.7. The van der Waals surface area contributed by atoms with Crippen LogP contribution in [0, 0.1) is 9.39 Å². The highest BCUT2D eigenvalue weighted by Gasteiger charge is 2.33. The van der Waals surface area contributed by atoms with Crippen LogP contribution in [-0.2, 0) is 26.2 Å². The second-order valence-corrected chi connectivity index (χ2v) is 12.9. The minimum absolute atomic E-state index is 0.0190. The van der Waals surface area contributed by atoms with Gasteiger partial charge < -0.3 is 10.2 Å². The summed E-state index contributed by atoms with van der Waals surface area (Å²) in [6.45, 7) is 6.18. The van der Waals surface area contributed by atoms with E-state index in [-0.39, 0.29) is 17.0 Å². The first-order chi connectivity index (χ1) is 17.8. The summed E-state index contributed by atoms with van der Waals surface area (Å²) in [5.41, 5.74) is -0.0645. The maximum Gasteiger partial charge on any atom is 0.264 e. The lowest BCUT2D eigenvalue weighted by molar-refractivity contribution is -0.140. The molecule has 0 unspecified atom stereocenters. The molecule has 0 aliphatic carbocycles. The van der Waals surface area contributed by atoms with Gasteiger partial charge in [-0.3, -0.25) is 13.9 Å². The van der Waals surface area contributed by atoms with Gasteiger partial charge in [0.15, 0.2) is 0 Å². The molecule has 0 bridgehead atoms. The third-order valence-corrected chi connectivity index (χ3v) is 8.20. The quantitative estimate of drug-likeness (QED) is 0.332. The van der Waals surface area contributed by atoms with Gasteiger partial charge in [-0.1, -0.05) is 36.4 Å². The Labute approximate surface area is 237 Å². The van der Waals surface area contributed by atoms with Crippen LogP contribution in [0.4, 0.5) is 10.1 Å². The third kappa shape index (κ3) is 7.53. The molecule has 3 aromatic carbocycles. The monoisotopic (exact) mass is 651 g/mol. The Kier molecular flexibility index (Phi) is 9.53. The highest BCUT2D eigenvalue weighted by Crippen LogP contribution is 2.25. The van der Waals surface area contributed by atoms with Crippen molar-refractivity contribution >= 4 is 50.1 Å². The average molecular weight is 652 g/mol. The lowest BCUT2D eigenvalue weighted by Gasteiger charge is -2.33. The van der Waals surface area contributed by atoms with E-state index in [4.69, 9.17) is 0 Å². The van der Waals surface area contributed by atoms with Crippen molar-refractivity contribution in [3.63, 3.8) is 0 Å². The first-order valence-corrected chi connectivity index (χ1v) is 14.5. The maximum absolute atomic E-state index is 14.6.